The Labute approximate surface area is 193 Å². The maximum atomic E-state index is 13.7. The van der Waals surface area contributed by atoms with Crippen LogP contribution < -0.4 is 14.4 Å². The van der Waals surface area contributed by atoms with Gasteiger partial charge in [0.2, 0.25) is 0 Å². The summed E-state index contributed by atoms with van der Waals surface area (Å²) in [4.78, 5) is 32.7. The molecule has 2 aliphatic heterocycles. The number of aliphatic hydroxyl groups excluding tert-OH is 1. The predicted octanol–water partition coefficient (Wildman–Crippen LogP) is 1.99. The summed E-state index contributed by atoms with van der Waals surface area (Å²) in [5.74, 6) is 0.585. The Balaban J connectivity index is 1.72. The van der Waals surface area contributed by atoms with E-state index in [4.69, 9.17) is 9.47 Å². The number of carbonyl (C=O) groups is 2. The molecule has 0 bridgehead atoms. The Kier molecular flexibility index (Phi) is 6.96. The van der Waals surface area contributed by atoms with Crippen LogP contribution in [0.1, 0.15) is 12.5 Å². The summed E-state index contributed by atoms with van der Waals surface area (Å²) in [7, 11) is 1.55. The minimum atomic E-state index is -0.356. The normalized spacial score (nSPS) is 17.2. The maximum absolute atomic E-state index is 13.7. The highest BCUT2D eigenvalue weighted by Crippen LogP contribution is 2.36. The third-order valence-electron chi connectivity index (χ3n) is 5.93. The number of nitrogens with zero attached hydrogens (tertiary/aromatic N) is 3. The zero-order valence-corrected chi connectivity index (χ0v) is 19.0. The summed E-state index contributed by atoms with van der Waals surface area (Å²) in [5.41, 5.74) is 1.95. The maximum Gasteiger partial charge on any atom is 0.282 e. The summed E-state index contributed by atoms with van der Waals surface area (Å²) < 4.78 is 10.8. The number of aliphatic hydroxyl groups is 1. The summed E-state index contributed by atoms with van der Waals surface area (Å²) >= 11 is 0. The van der Waals surface area contributed by atoms with Crippen LogP contribution in [0, 0.1) is 0 Å². The lowest BCUT2D eigenvalue weighted by atomic mass is 10.0. The number of hydrogen-bond donors (Lipinski definition) is 1. The fraction of sp³-hybridized carbons (Fsp3) is 0.360. The number of carbonyl (C=O) groups excluding carboxylic acids is 2. The zero-order chi connectivity index (χ0) is 23.4. The van der Waals surface area contributed by atoms with Crippen LogP contribution in [0.3, 0.4) is 0 Å². The largest absolute Gasteiger partial charge is 0.497 e. The number of anilines is 1. The van der Waals surface area contributed by atoms with Gasteiger partial charge in [-0.1, -0.05) is 18.2 Å². The SMILES string of the molecule is CCOc1ccc(C2=C(N3CCN(CCO)CC3)C(=O)N(c3cccc(OC)c3)C2=O)cc1. The lowest BCUT2D eigenvalue weighted by Crippen LogP contribution is -2.48. The van der Waals surface area contributed by atoms with Gasteiger partial charge in [0.1, 0.15) is 17.2 Å². The molecule has 174 valence electrons. The summed E-state index contributed by atoms with van der Waals surface area (Å²) in [6.07, 6.45) is 0. The molecular weight excluding hydrogens is 422 g/mol. The van der Waals surface area contributed by atoms with Crippen LogP contribution in [0.5, 0.6) is 11.5 Å². The van der Waals surface area contributed by atoms with Crippen molar-refractivity contribution in [1.82, 2.24) is 9.80 Å². The van der Waals surface area contributed by atoms with E-state index in [0.717, 1.165) is 0 Å². The van der Waals surface area contributed by atoms with Crippen molar-refractivity contribution in [2.45, 2.75) is 6.92 Å². The third kappa shape index (κ3) is 4.58. The number of benzene rings is 2. The lowest BCUT2D eigenvalue weighted by Gasteiger charge is -2.36. The summed E-state index contributed by atoms with van der Waals surface area (Å²) in [6, 6.07) is 14.2. The van der Waals surface area contributed by atoms with E-state index in [2.05, 4.69) is 4.90 Å². The minimum absolute atomic E-state index is 0.0984. The van der Waals surface area contributed by atoms with Gasteiger partial charge in [0.15, 0.2) is 0 Å². The smallest absolute Gasteiger partial charge is 0.282 e. The Bertz CT molecular complexity index is 1040. The molecule has 2 heterocycles. The molecule has 0 spiro atoms. The lowest BCUT2D eigenvalue weighted by molar-refractivity contribution is -0.120. The van der Waals surface area contributed by atoms with Crippen molar-refractivity contribution in [2.75, 3.05) is 57.9 Å². The van der Waals surface area contributed by atoms with Crippen molar-refractivity contribution < 1.29 is 24.2 Å². The molecule has 1 fully saturated rings. The highest BCUT2D eigenvalue weighted by atomic mass is 16.5. The predicted molar refractivity (Wildman–Crippen MR) is 125 cm³/mol. The van der Waals surface area contributed by atoms with Crippen LogP contribution in [-0.2, 0) is 9.59 Å². The van der Waals surface area contributed by atoms with Crippen molar-refractivity contribution in [1.29, 1.82) is 0 Å². The summed E-state index contributed by atoms with van der Waals surface area (Å²) in [5, 5.41) is 9.24. The Hall–Kier alpha value is -3.36. The number of ether oxygens (including phenoxy) is 2. The Morgan fingerprint density at radius 3 is 2.30 bits per heavy atom. The second-order valence-corrected chi connectivity index (χ2v) is 7.88. The van der Waals surface area contributed by atoms with E-state index in [1.165, 1.54) is 4.90 Å². The quantitative estimate of drug-likeness (QED) is 0.615. The fourth-order valence-corrected chi connectivity index (χ4v) is 4.28. The standard InChI is InChI=1S/C25H29N3O5/c1-3-33-20-9-7-18(8-10-20)22-23(27-13-11-26(12-14-27)15-16-29)25(31)28(24(22)30)19-5-4-6-21(17-19)32-2/h4-10,17,29H,3,11-16H2,1-2H3. The number of β-amino-alcohol motifs (C(OH)–C–C–N with tert-alkyl or cyclic N) is 1. The molecule has 8 heteroatoms. The number of piperazine rings is 1. The highest BCUT2D eigenvalue weighted by molar-refractivity contribution is 6.45. The first-order valence-electron chi connectivity index (χ1n) is 11.2. The molecule has 0 unspecified atom stereocenters. The number of amides is 2. The molecule has 2 amide bonds. The molecule has 8 nitrogen and oxygen atoms in total. The highest BCUT2D eigenvalue weighted by Gasteiger charge is 2.43. The molecule has 2 aliphatic rings. The average molecular weight is 452 g/mol. The van der Waals surface area contributed by atoms with Crippen LogP contribution in [0.25, 0.3) is 5.57 Å². The fourth-order valence-electron chi connectivity index (χ4n) is 4.28. The second kappa shape index (κ2) is 10.1. The molecule has 1 N–H and O–H groups in total. The van der Waals surface area contributed by atoms with E-state index in [1.54, 1.807) is 31.4 Å². The zero-order valence-electron chi connectivity index (χ0n) is 19.0. The molecule has 1 saturated heterocycles. The van der Waals surface area contributed by atoms with Gasteiger partial charge in [-0.2, -0.15) is 0 Å². The molecule has 0 aliphatic carbocycles. The van der Waals surface area contributed by atoms with E-state index >= 15 is 0 Å². The Morgan fingerprint density at radius 2 is 1.67 bits per heavy atom. The van der Waals surface area contributed by atoms with Gasteiger partial charge in [0.05, 0.1) is 31.6 Å². The monoisotopic (exact) mass is 451 g/mol. The van der Waals surface area contributed by atoms with E-state index in [1.807, 2.05) is 36.1 Å². The van der Waals surface area contributed by atoms with E-state index in [-0.39, 0.29) is 18.4 Å². The molecular formula is C25H29N3O5. The van der Waals surface area contributed by atoms with Gasteiger partial charge in [0.25, 0.3) is 11.8 Å². The number of imide groups is 1. The molecule has 2 aromatic rings. The van der Waals surface area contributed by atoms with Crippen molar-refractivity contribution in [2.24, 2.45) is 0 Å². The third-order valence-corrected chi connectivity index (χ3v) is 5.93. The van der Waals surface area contributed by atoms with E-state index < -0.39 is 0 Å². The van der Waals surface area contributed by atoms with Crippen molar-refractivity contribution in [3.8, 4) is 11.5 Å². The number of hydrogen-bond acceptors (Lipinski definition) is 7. The van der Waals surface area contributed by atoms with Gasteiger partial charge in [0, 0.05) is 38.8 Å². The van der Waals surface area contributed by atoms with Gasteiger partial charge in [-0.05, 0) is 36.8 Å². The first-order valence-corrected chi connectivity index (χ1v) is 11.2. The Morgan fingerprint density at radius 1 is 0.939 bits per heavy atom. The van der Waals surface area contributed by atoms with Crippen LogP contribution in [-0.4, -0.2) is 79.8 Å². The van der Waals surface area contributed by atoms with Crippen LogP contribution in [0.2, 0.25) is 0 Å². The number of methoxy groups -OCH3 is 1. The van der Waals surface area contributed by atoms with Gasteiger partial charge in [-0.25, -0.2) is 4.90 Å². The van der Waals surface area contributed by atoms with Gasteiger partial charge >= 0.3 is 0 Å². The number of rotatable bonds is 8. The van der Waals surface area contributed by atoms with Gasteiger partial charge < -0.3 is 19.5 Å². The van der Waals surface area contributed by atoms with Crippen LogP contribution in [0.15, 0.2) is 54.2 Å². The van der Waals surface area contributed by atoms with Gasteiger partial charge in [-0.15, -0.1) is 0 Å². The average Bonchev–Trinajstić information content (AvgIpc) is 3.10. The van der Waals surface area contributed by atoms with E-state index in [0.29, 0.717) is 73.4 Å². The van der Waals surface area contributed by atoms with Gasteiger partial charge in [-0.3, -0.25) is 14.5 Å². The molecule has 0 aromatic heterocycles. The topological polar surface area (TPSA) is 82.6 Å². The molecule has 0 saturated carbocycles. The van der Waals surface area contributed by atoms with Crippen LogP contribution in [0.4, 0.5) is 5.69 Å². The minimum Gasteiger partial charge on any atom is -0.497 e. The first-order chi connectivity index (χ1) is 16.1. The van der Waals surface area contributed by atoms with Crippen molar-refractivity contribution >= 4 is 23.1 Å². The van der Waals surface area contributed by atoms with E-state index in [9.17, 15) is 14.7 Å². The second-order valence-electron chi connectivity index (χ2n) is 7.88. The molecule has 2 aromatic carbocycles. The molecule has 0 radical (unpaired) electrons. The molecule has 33 heavy (non-hydrogen) atoms. The molecule has 0 atom stereocenters. The van der Waals surface area contributed by atoms with Crippen molar-refractivity contribution in [3.63, 3.8) is 0 Å². The molecule has 4 rings (SSSR count). The first kappa shape index (κ1) is 22.8. The van der Waals surface area contributed by atoms with Crippen molar-refractivity contribution in [3.05, 3.63) is 59.8 Å². The van der Waals surface area contributed by atoms with Crippen LogP contribution >= 0.6 is 0 Å². The summed E-state index contributed by atoms with van der Waals surface area (Å²) in [6.45, 7) is 5.77.